The van der Waals surface area contributed by atoms with Gasteiger partial charge in [0.15, 0.2) is 0 Å². The number of hydrogen-bond acceptors (Lipinski definition) is 3. The van der Waals surface area contributed by atoms with Crippen molar-refractivity contribution in [1.29, 1.82) is 10.7 Å². The number of nitrogens with zero attached hydrogens (tertiary/aromatic N) is 2. The van der Waals surface area contributed by atoms with E-state index in [1.54, 1.807) is 0 Å². The summed E-state index contributed by atoms with van der Waals surface area (Å²) < 4.78 is 0. The number of carbonyl (C=O) groups is 1. The minimum absolute atomic E-state index is 0.0931. The maximum absolute atomic E-state index is 12.7. The molecule has 4 heteroatoms. The molecule has 1 amide bonds. The normalized spacial score (nSPS) is 13.5. The topological polar surface area (TPSA) is 68.0 Å². The van der Waals surface area contributed by atoms with Gasteiger partial charge in [0, 0.05) is 18.8 Å². The van der Waals surface area contributed by atoms with Crippen LogP contribution in [-0.2, 0) is 11.2 Å². The Morgan fingerprint density at radius 1 is 1.26 bits per heavy atom. The van der Waals surface area contributed by atoms with E-state index in [9.17, 15) is 4.79 Å². The Morgan fingerprint density at radius 3 is 2.65 bits per heavy atom. The second-order valence-electron chi connectivity index (χ2n) is 5.91. The highest BCUT2D eigenvalue weighted by Gasteiger charge is 2.32. The fourth-order valence-electron chi connectivity index (χ4n) is 3.00. The van der Waals surface area contributed by atoms with Crippen LogP contribution in [0.5, 0.6) is 0 Å². The van der Waals surface area contributed by atoms with Gasteiger partial charge in [0.1, 0.15) is 0 Å². The predicted octanol–water partition coefficient (Wildman–Crippen LogP) is 3.28. The third-order valence-corrected chi connectivity index (χ3v) is 4.32. The highest BCUT2D eigenvalue weighted by atomic mass is 16.2. The van der Waals surface area contributed by atoms with Crippen molar-refractivity contribution < 1.29 is 4.79 Å². The van der Waals surface area contributed by atoms with E-state index < -0.39 is 0 Å². The summed E-state index contributed by atoms with van der Waals surface area (Å²) in [4.78, 5) is 14.5. The summed E-state index contributed by atoms with van der Waals surface area (Å²) >= 11 is 0. The van der Waals surface area contributed by atoms with E-state index in [0.29, 0.717) is 25.4 Å². The molecule has 1 aliphatic carbocycles. The van der Waals surface area contributed by atoms with Crippen molar-refractivity contribution in [1.82, 2.24) is 4.90 Å². The van der Waals surface area contributed by atoms with Gasteiger partial charge in [-0.2, -0.15) is 5.26 Å². The highest BCUT2D eigenvalue weighted by molar-refractivity contribution is 6.01. The molecule has 0 heterocycles. The summed E-state index contributed by atoms with van der Waals surface area (Å²) in [5.41, 5.74) is 1.85. The molecule has 1 aliphatic rings. The van der Waals surface area contributed by atoms with Crippen molar-refractivity contribution in [2.75, 3.05) is 6.54 Å². The van der Waals surface area contributed by atoms with Crippen LogP contribution in [0, 0.1) is 16.7 Å². The highest BCUT2D eigenvalue weighted by Crippen LogP contribution is 2.29. The lowest BCUT2D eigenvalue weighted by Crippen LogP contribution is -2.35. The molecule has 1 N–H and O–H groups in total. The summed E-state index contributed by atoms with van der Waals surface area (Å²) in [6.45, 7) is 0.524. The molecule has 0 saturated heterocycles. The summed E-state index contributed by atoms with van der Waals surface area (Å²) in [7, 11) is 0. The molecule has 2 aromatic carbocycles. The molecule has 116 valence electrons. The lowest BCUT2D eigenvalue weighted by molar-refractivity contribution is -0.130. The third kappa shape index (κ3) is 3.24. The fourth-order valence-corrected chi connectivity index (χ4v) is 3.00. The molecule has 0 radical (unpaired) electrons. The quantitative estimate of drug-likeness (QED) is 0.832. The summed E-state index contributed by atoms with van der Waals surface area (Å²) in [6, 6.07) is 14.2. The molecule has 0 aromatic heterocycles. The monoisotopic (exact) mass is 305 g/mol. The molecular formula is C19H19N3O. The number of nitriles is 1. The van der Waals surface area contributed by atoms with E-state index in [4.69, 9.17) is 10.7 Å². The largest absolute Gasteiger partial charge is 0.338 e. The zero-order chi connectivity index (χ0) is 16.2. The Balaban J connectivity index is 1.87. The number of fused-ring (bicyclic) bond motifs is 1. The fraction of sp³-hybridized carbons (Fsp3) is 0.316. The molecule has 0 bridgehead atoms. The van der Waals surface area contributed by atoms with Gasteiger partial charge in [-0.15, -0.1) is 0 Å². The van der Waals surface area contributed by atoms with Crippen molar-refractivity contribution in [3.05, 3.63) is 47.5 Å². The van der Waals surface area contributed by atoms with Gasteiger partial charge in [-0.3, -0.25) is 4.79 Å². The Hall–Kier alpha value is -2.67. The van der Waals surface area contributed by atoms with E-state index in [-0.39, 0.29) is 5.91 Å². The van der Waals surface area contributed by atoms with E-state index >= 15 is 0 Å². The Kier molecular flexibility index (Phi) is 4.38. The summed E-state index contributed by atoms with van der Waals surface area (Å²) in [5, 5.41) is 18.3. The number of carbonyl (C=O) groups excluding carboxylic acids is 1. The van der Waals surface area contributed by atoms with Crippen LogP contribution in [-0.4, -0.2) is 29.6 Å². The molecule has 0 aliphatic heterocycles. The van der Waals surface area contributed by atoms with Gasteiger partial charge in [0.25, 0.3) is 0 Å². The van der Waals surface area contributed by atoms with Gasteiger partial charge in [0.2, 0.25) is 5.91 Å². The number of hydrogen-bond donors (Lipinski definition) is 1. The third-order valence-electron chi connectivity index (χ3n) is 4.32. The first kappa shape index (κ1) is 15.2. The number of benzene rings is 2. The standard InChI is InChI=1S/C19H19N3O/c20-10-3-11-22(16-8-9-16)19(23)12-14-6-7-15(13-21)18-5-2-1-4-17(14)18/h1-2,4-7,13,16,21H,3,8-9,11-12H2. The van der Waals surface area contributed by atoms with Crippen LogP contribution in [0.1, 0.15) is 30.4 Å². The summed E-state index contributed by atoms with van der Waals surface area (Å²) in [6.07, 6.45) is 4.17. The summed E-state index contributed by atoms with van der Waals surface area (Å²) in [5.74, 6) is 0.0931. The number of rotatable bonds is 6. The Labute approximate surface area is 135 Å². The van der Waals surface area contributed by atoms with Crippen molar-refractivity contribution in [2.24, 2.45) is 0 Å². The van der Waals surface area contributed by atoms with Crippen LogP contribution >= 0.6 is 0 Å². The van der Waals surface area contributed by atoms with Crippen LogP contribution < -0.4 is 0 Å². The van der Waals surface area contributed by atoms with Crippen molar-refractivity contribution in [3.8, 4) is 6.07 Å². The molecule has 3 rings (SSSR count). The van der Waals surface area contributed by atoms with E-state index in [1.807, 2.05) is 41.3 Å². The van der Waals surface area contributed by atoms with Crippen LogP contribution in [0.3, 0.4) is 0 Å². The number of amides is 1. The van der Waals surface area contributed by atoms with Gasteiger partial charge in [-0.1, -0.05) is 36.4 Å². The van der Waals surface area contributed by atoms with Crippen LogP contribution in [0.15, 0.2) is 36.4 Å². The molecule has 1 saturated carbocycles. The molecule has 0 atom stereocenters. The van der Waals surface area contributed by atoms with Gasteiger partial charge in [-0.05, 0) is 34.7 Å². The maximum Gasteiger partial charge on any atom is 0.227 e. The molecule has 0 spiro atoms. The van der Waals surface area contributed by atoms with Crippen LogP contribution in [0.4, 0.5) is 0 Å². The first-order valence-corrected chi connectivity index (χ1v) is 7.92. The zero-order valence-electron chi connectivity index (χ0n) is 13.0. The predicted molar refractivity (Wildman–Crippen MR) is 90.5 cm³/mol. The molecule has 0 unspecified atom stereocenters. The average Bonchev–Trinajstić information content (AvgIpc) is 3.40. The second-order valence-corrected chi connectivity index (χ2v) is 5.91. The van der Waals surface area contributed by atoms with Gasteiger partial charge >= 0.3 is 0 Å². The Morgan fingerprint density at radius 2 is 2.00 bits per heavy atom. The minimum atomic E-state index is 0.0931. The van der Waals surface area contributed by atoms with Gasteiger partial charge in [0.05, 0.1) is 18.9 Å². The smallest absolute Gasteiger partial charge is 0.227 e. The van der Waals surface area contributed by atoms with Crippen molar-refractivity contribution in [3.63, 3.8) is 0 Å². The van der Waals surface area contributed by atoms with E-state index in [1.165, 1.54) is 6.21 Å². The van der Waals surface area contributed by atoms with Gasteiger partial charge < -0.3 is 10.3 Å². The lowest BCUT2D eigenvalue weighted by atomic mass is 9.98. The van der Waals surface area contributed by atoms with Crippen molar-refractivity contribution >= 4 is 22.9 Å². The van der Waals surface area contributed by atoms with E-state index in [2.05, 4.69) is 6.07 Å². The first-order valence-electron chi connectivity index (χ1n) is 7.92. The maximum atomic E-state index is 12.7. The van der Waals surface area contributed by atoms with Gasteiger partial charge in [-0.25, -0.2) is 0 Å². The second kappa shape index (κ2) is 6.62. The van der Waals surface area contributed by atoms with Crippen molar-refractivity contribution in [2.45, 2.75) is 31.7 Å². The van der Waals surface area contributed by atoms with Crippen LogP contribution in [0.2, 0.25) is 0 Å². The number of nitrogens with one attached hydrogen (secondary N) is 1. The molecular weight excluding hydrogens is 286 g/mol. The Bertz CT molecular complexity index is 787. The minimum Gasteiger partial charge on any atom is -0.338 e. The molecule has 2 aromatic rings. The first-order chi connectivity index (χ1) is 11.2. The lowest BCUT2D eigenvalue weighted by Gasteiger charge is -2.21. The average molecular weight is 305 g/mol. The zero-order valence-corrected chi connectivity index (χ0v) is 13.0. The SMILES string of the molecule is N#CCCN(C(=O)Cc1ccc(C=N)c2ccccc12)C1CC1. The van der Waals surface area contributed by atoms with Crippen LogP contribution in [0.25, 0.3) is 10.8 Å². The van der Waals surface area contributed by atoms with E-state index in [0.717, 1.165) is 34.7 Å². The molecule has 23 heavy (non-hydrogen) atoms. The molecule has 1 fully saturated rings. The molecule has 4 nitrogen and oxygen atoms in total.